The second-order valence-corrected chi connectivity index (χ2v) is 4.62. The Hall–Kier alpha value is -2.50. The first-order chi connectivity index (χ1) is 9.99. The first-order valence-corrected chi connectivity index (χ1v) is 6.31. The van der Waals surface area contributed by atoms with Gasteiger partial charge < -0.3 is 10.0 Å². The van der Waals surface area contributed by atoms with E-state index in [0.29, 0.717) is 13.0 Å². The van der Waals surface area contributed by atoms with E-state index in [-0.39, 0.29) is 5.69 Å². The molecule has 0 aliphatic heterocycles. The Morgan fingerprint density at radius 2 is 1.81 bits per heavy atom. The normalized spacial score (nSPS) is 10.4. The number of rotatable bonds is 5. The van der Waals surface area contributed by atoms with E-state index in [9.17, 15) is 13.6 Å². The number of aromatic nitrogens is 1. The number of halogens is 2. The Morgan fingerprint density at radius 3 is 2.33 bits per heavy atom. The van der Waals surface area contributed by atoms with Gasteiger partial charge in [-0.05, 0) is 36.2 Å². The van der Waals surface area contributed by atoms with E-state index >= 15 is 0 Å². The molecule has 1 aromatic heterocycles. The molecule has 0 saturated carbocycles. The number of hydrogen-bond donors (Lipinski definition) is 1. The van der Waals surface area contributed by atoms with Crippen molar-refractivity contribution in [2.24, 2.45) is 0 Å². The Labute approximate surface area is 120 Å². The third-order valence-corrected chi connectivity index (χ3v) is 3.13. The molecule has 1 aromatic carbocycles. The summed E-state index contributed by atoms with van der Waals surface area (Å²) in [5, 5.41) is 8.76. The molecule has 0 radical (unpaired) electrons. The lowest BCUT2D eigenvalue weighted by Gasteiger charge is -2.20. The minimum atomic E-state index is -1.36. The topological polar surface area (TPSA) is 53.4 Å². The van der Waals surface area contributed by atoms with Crippen molar-refractivity contribution in [1.29, 1.82) is 0 Å². The second-order valence-electron chi connectivity index (χ2n) is 4.62. The molecule has 110 valence electrons. The Bertz CT molecular complexity index is 624. The van der Waals surface area contributed by atoms with E-state index in [1.807, 2.05) is 12.1 Å². The van der Waals surface area contributed by atoms with E-state index in [1.165, 1.54) is 4.90 Å². The van der Waals surface area contributed by atoms with Crippen molar-refractivity contribution in [2.45, 2.75) is 6.42 Å². The number of benzene rings is 1. The minimum absolute atomic E-state index is 0.228. The van der Waals surface area contributed by atoms with Crippen LogP contribution in [0.2, 0.25) is 0 Å². The molecule has 0 saturated heterocycles. The highest BCUT2D eigenvalue weighted by atomic mass is 19.1. The van der Waals surface area contributed by atoms with Crippen molar-refractivity contribution in [2.75, 3.05) is 18.5 Å². The van der Waals surface area contributed by atoms with Gasteiger partial charge in [-0.2, -0.15) is 0 Å². The van der Waals surface area contributed by atoms with Crippen LogP contribution in [0.3, 0.4) is 0 Å². The van der Waals surface area contributed by atoms with Crippen LogP contribution in [0.1, 0.15) is 15.9 Å². The zero-order valence-corrected chi connectivity index (χ0v) is 11.4. The van der Waals surface area contributed by atoms with Crippen LogP contribution < -0.4 is 4.90 Å². The molecule has 2 rings (SSSR count). The quantitative estimate of drug-likeness (QED) is 0.920. The molecule has 6 heteroatoms. The van der Waals surface area contributed by atoms with Gasteiger partial charge in [0.15, 0.2) is 0 Å². The number of carbonyl (C=O) groups is 1. The third-order valence-electron chi connectivity index (χ3n) is 3.13. The lowest BCUT2D eigenvalue weighted by Crippen LogP contribution is -2.23. The van der Waals surface area contributed by atoms with Crippen LogP contribution in [0.5, 0.6) is 0 Å². The summed E-state index contributed by atoms with van der Waals surface area (Å²) in [6.07, 6.45) is 3.90. The molecule has 0 aliphatic rings. The van der Waals surface area contributed by atoms with Gasteiger partial charge in [-0.1, -0.05) is 0 Å². The average Bonchev–Trinajstić information content (AvgIpc) is 2.45. The van der Waals surface area contributed by atoms with Crippen molar-refractivity contribution in [3.8, 4) is 0 Å². The Balaban J connectivity index is 2.16. The zero-order valence-electron chi connectivity index (χ0n) is 11.4. The highest BCUT2D eigenvalue weighted by molar-refractivity contribution is 5.88. The van der Waals surface area contributed by atoms with Gasteiger partial charge in [-0.15, -0.1) is 0 Å². The molecule has 0 bridgehead atoms. The van der Waals surface area contributed by atoms with Gasteiger partial charge >= 0.3 is 5.97 Å². The van der Waals surface area contributed by atoms with Gasteiger partial charge in [0.1, 0.15) is 17.3 Å². The average molecular weight is 292 g/mol. The molecule has 1 N–H and O–H groups in total. The molecular weight excluding hydrogens is 278 g/mol. The summed E-state index contributed by atoms with van der Waals surface area (Å²) in [5.41, 5.74) is 0.366. The van der Waals surface area contributed by atoms with E-state index < -0.39 is 23.2 Å². The number of carboxylic acid groups (broad SMARTS) is 1. The van der Waals surface area contributed by atoms with Crippen LogP contribution >= 0.6 is 0 Å². The Morgan fingerprint density at radius 1 is 1.24 bits per heavy atom. The smallest absolute Gasteiger partial charge is 0.335 e. The summed E-state index contributed by atoms with van der Waals surface area (Å²) in [6.45, 7) is 0.393. The monoisotopic (exact) mass is 292 g/mol. The predicted molar refractivity (Wildman–Crippen MR) is 74.5 cm³/mol. The van der Waals surface area contributed by atoms with Crippen LogP contribution in [0.15, 0.2) is 36.7 Å². The first kappa shape index (κ1) is 14.9. The SMILES string of the molecule is CN(CCc1ccncc1)c1c(F)cc(C(=O)O)cc1F. The maximum Gasteiger partial charge on any atom is 0.335 e. The molecule has 2 aromatic rings. The maximum atomic E-state index is 13.9. The van der Waals surface area contributed by atoms with E-state index in [4.69, 9.17) is 5.11 Å². The molecule has 21 heavy (non-hydrogen) atoms. The standard InChI is InChI=1S/C15H14F2N2O2/c1-19(7-4-10-2-5-18-6-3-10)14-12(16)8-11(15(20)21)9-13(14)17/h2-3,5-6,8-9H,4,7H2,1H3,(H,20,21). The van der Waals surface area contributed by atoms with Gasteiger partial charge in [0.05, 0.1) is 5.56 Å². The van der Waals surface area contributed by atoms with E-state index in [0.717, 1.165) is 17.7 Å². The summed E-state index contributed by atoms with van der Waals surface area (Å²) in [4.78, 5) is 16.1. The minimum Gasteiger partial charge on any atom is -0.478 e. The van der Waals surface area contributed by atoms with Crippen molar-refractivity contribution >= 4 is 11.7 Å². The summed E-state index contributed by atoms with van der Waals surface area (Å²) in [6, 6.07) is 5.30. The van der Waals surface area contributed by atoms with Gasteiger partial charge in [0.2, 0.25) is 0 Å². The van der Waals surface area contributed by atoms with Crippen molar-refractivity contribution in [1.82, 2.24) is 4.98 Å². The van der Waals surface area contributed by atoms with Crippen LogP contribution in [-0.2, 0) is 6.42 Å². The first-order valence-electron chi connectivity index (χ1n) is 6.31. The summed E-state index contributed by atoms with van der Waals surface area (Å²) in [5.74, 6) is -3.13. The van der Waals surface area contributed by atoms with Crippen molar-refractivity contribution in [3.05, 3.63) is 59.4 Å². The number of likely N-dealkylation sites (N-methyl/N-ethyl adjacent to an activating group) is 1. The molecule has 0 spiro atoms. The largest absolute Gasteiger partial charge is 0.478 e. The highest BCUT2D eigenvalue weighted by Crippen LogP contribution is 2.24. The highest BCUT2D eigenvalue weighted by Gasteiger charge is 2.17. The molecule has 1 heterocycles. The fourth-order valence-electron chi connectivity index (χ4n) is 2.01. The van der Waals surface area contributed by atoms with Crippen LogP contribution in [-0.4, -0.2) is 29.7 Å². The van der Waals surface area contributed by atoms with E-state index in [2.05, 4.69) is 4.98 Å². The number of anilines is 1. The number of nitrogens with zero attached hydrogens (tertiary/aromatic N) is 2. The molecule has 0 atom stereocenters. The van der Waals surface area contributed by atoms with Crippen LogP contribution in [0, 0.1) is 11.6 Å². The van der Waals surface area contributed by atoms with Gasteiger partial charge in [-0.25, -0.2) is 13.6 Å². The van der Waals surface area contributed by atoms with E-state index in [1.54, 1.807) is 19.4 Å². The summed E-state index contributed by atoms with van der Waals surface area (Å²) < 4.78 is 27.8. The van der Waals surface area contributed by atoms with Crippen molar-refractivity contribution < 1.29 is 18.7 Å². The summed E-state index contributed by atoms with van der Waals surface area (Å²) in [7, 11) is 1.56. The van der Waals surface area contributed by atoms with Crippen molar-refractivity contribution in [3.63, 3.8) is 0 Å². The zero-order chi connectivity index (χ0) is 15.4. The fraction of sp³-hybridized carbons (Fsp3) is 0.200. The second kappa shape index (κ2) is 6.30. The number of aromatic carboxylic acids is 1. The van der Waals surface area contributed by atoms with Gasteiger partial charge in [0, 0.05) is 26.0 Å². The summed E-state index contributed by atoms with van der Waals surface area (Å²) >= 11 is 0. The molecule has 0 fully saturated rings. The van der Waals surface area contributed by atoms with Gasteiger partial charge in [-0.3, -0.25) is 4.98 Å². The Kier molecular flexibility index (Phi) is 4.47. The fourth-order valence-corrected chi connectivity index (χ4v) is 2.01. The third kappa shape index (κ3) is 3.53. The molecular formula is C15H14F2N2O2. The lowest BCUT2D eigenvalue weighted by molar-refractivity contribution is 0.0695. The molecule has 0 unspecified atom stereocenters. The molecule has 0 amide bonds. The number of pyridine rings is 1. The molecule has 0 aliphatic carbocycles. The van der Waals surface area contributed by atoms with Crippen LogP contribution in [0.25, 0.3) is 0 Å². The van der Waals surface area contributed by atoms with Gasteiger partial charge in [0.25, 0.3) is 0 Å². The predicted octanol–water partition coefficient (Wildman–Crippen LogP) is 2.74. The van der Waals surface area contributed by atoms with Crippen LogP contribution in [0.4, 0.5) is 14.5 Å². The number of carboxylic acids is 1. The lowest BCUT2D eigenvalue weighted by atomic mass is 10.1. The number of hydrogen-bond acceptors (Lipinski definition) is 3. The maximum absolute atomic E-state index is 13.9. The molecule has 4 nitrogen and oxygen atoms in total.